The Morgan fingerprint density at radius 1 is 1.53 bits per heavy atom. The van der Waals surface area contributed by atoms with Crippen LogP contribution in [-0.2, 0) is 4.79 Å². The summed E-state index contributed by atoms with van der Waals surface area (Å²) in [7, 11) is 1.68. The van der Waals surface area contributed by atoms with Gasteiger partial charge in [0.15, 0.2) is 0 Å². The number of hydrogen-bond donors (Lipinski definition) is 1. The Morgan fingerprint density at radius 3 is 2.74 bits per heavy atom. The van der Waals surface area contributed by atoms with E-state index in [1.165, 1.54) is 6.92 Å². The van der Waals surface area contributed by atoms with Crippen molar-refractivity contribution in [3.8, 4) is 0 Å². The first kappa shape index (κ1) is 13.5. The van der Waals surface area contributed by atoms with Crippen LogP contribution in [0.25, 0.3) is 0 Å². The van der Waals surface area contributed by atoms with Crippen molar-refractivity contribution in [3.63, 3.8) is 0 Å². The predicted molar refractivity (Wildman–Crippen MR) is 68.1 cm³/mol. The Balaban J connectivity index is 2.34. The average Bonchev–Trinajstić information content (AvgIpc) is 2.59. The van der Waals surface area contributed by atoms with Crippen LogP contribution in [0, 0.1) is 17.0 Å². The van der Waals surface area contributed by atoms with Gasteiger partial charge in [0.25, 0.3) is 0 Å². The second-order valence-electron chi connectivity index (χ2n) is 4.28. The highest BCUT2D eigenvalue weighted by Crippen LogP contribution is 2.28. The zero-order valence-electron chi connectivity index (χ0n) is 10.4. The van der Waals surface area contributed by atoms with E-state index in [0.29, 0.717) is 13.0 Å². The van der Waals surface area contributed by atoms with Gasteiger partial charge in [-0.2, -0.15) is 4.98 Å². The molecule has 8 nitrogen and oxygen atoms in total. The summed E-state index contributed by atoms with van der Waals surface area (Å²) < 4.78 is 0. The van der Waals surface area contributed by atoms with E-state index in [0.717, 1.165) is 0 Å². The lowest BCUT2D eigenvalue weighted by Crippen LogP contribution is -2.31. The van der Waals surface area contributed by atoms with Gasteiger partial charge in [0, 0.05) is 13.6 Å². The fraction of sp³-hybridized carbons (Fsp3) is 0.500. The number of rotatable bonds is 3. The van der Waals surface area contributed by atoms with Crippen molar-refractivity contribution in [2.24, 2.45) is 0 Å². The fourth-order valence-electron chi connectivity index (χ4n) is 1.97. The van der Waals surface area contributed by atoms with E-state index in [2.05, 4.69) is 15.3 Å². The Labute approximate surface area is 113 Å². The minimum absolute atomic E-state index is 0.0175. The van der Waals surface area contributed by atoms with Gasteiger partial charge < -0.3 is 10.2 Å². The lowest BCUT2D eigenvalue weighted by atomic mass is 10.2. The quantitative estimate of drug-likeness (QED) is 0.505. The third-order valence-electron chi connectivity index (χ3n) is 2.95. The minimum atomic E-state index is -0.586. The maximum atomic E-state index is 11.8. The second kappa shape index (κ2) is 4.96. The Bertz CT molecular complexity index is 550. The summed E-state index contributed by atoms with van der Waals surface area (Å²) >= 11 is 5.70. The van der Waals surface area contributed by atoms with E-state index in [9.17, 15) is 14.9 Å². The molecule has 1 N–H and O–H groups in total. The molecule has 0 aliphatic carbocycles. The van der Waals surface area contributed by atoms with Crippen LogP contribution in [0.4, 0.5) is 11.5 Å². The molecule has 0 saturated carbocycles. The molecule has 1 unspecified atom stereocenters. The van der Waals surface area contributed by atoms with Crippen LogP contribution in [0.1, 0.15) is 12.1 Å². The number of amides is 1. The molecule has 19 heavy (non-hydrogen) atoms. The van der Waals surface area contributed by atoms with Crippen LogP contribution in [0.15, 0.2) is 0 Å². The SMILES string of the molecule is Cc1nc(Cl)nc(NC2CCN(C)C2=O)c1[N+](=O)[O-]. The highest BCUT2D eigenvalue weighted by atomic mass is 35.5. The van der Waals surface area contributed by atoms with Crippen LogP contribution < -0.4 is 5.32 Å². The molecule has 1 aromatic rings. The molecule has 1 atom stereocenters. The highest BCUT2D eigenvalue weighted by Gasteiger charge is 2.32. The largest absolute Gasteiger partial charge is 0.352 e. The van der Waals surface area contributed by atoms with E-state index in [4.69, 9.17) is 11.6 Å². The van der Waals surface area contributed by atoms with Crippen LogP contribution in [-0.4, -0.2) is 45.3 Å². The first-order chi connectivity index (χ1) is 8.90. The van der Waals surface area contributed by atoms with Crippen LogP contribution in [0.2, 0.25) is 5.28 Å². The van der Waals surface area contributed by atoms with Gasteiger partial charge in [-0.3, -0.25) is 14.9 Å². The maximum Gasteiger partial charge on any atom is 0.332 e. The summed E-state index contributed by atoms with van der Waals surface area (Å²) in [6.45, 7) is 2.07. The number of likely N-dealkylation sites (N-methyl/N-ethyl adjacent to an activating group) is 1. The summed E-state index contributed by atoms with van der Waals surface area (Å²) in [5, 5.41) is 13.7. The number of halogens is 1. The average molecular weight is 286 g/mol. The van der Waals surface area contributed by atoms with E-state index in [1.54, 1.807) is 11.9 Å². The summed E-state index contributed by atoms with van der Waals surface area (Å²) in [5.74, 6) is -0.141. The highest BCUT2D eigenvalue weighted by molar-refractivity contribution is 6.28. The third kappa shape index (κ3) is 2.58. The number of likely N-dealkylation sites (tertiary alicyclic amines) is 1. The smallest absolute Gasteiger partial charge is 0.332 e. The lowest BCUT2D eigenvalue weighted by molar-refractivity contribution is -0.385. The van der Waals surface area contributed by atoms with Crippen LogP contribution in [0.5, 0.6) is 0 Å². The van der Waals surface area contributed by atoms with Gasteiger partial charge in [0.2, 0.25) is 17.0 Å². The molecule has 1 fully saturated rings. The number of nitrogens with zero attached hydrogens (tertiary/aromatic N) is 4. The van der Waals surface area contributed by atoms with Gasteiger partial charge in [0.05, 0.1) is 4.92 Å². The minimum Gasteiger partial charge on any atom is -0.352 e. The van der Waals surface area contributed by atoms with Gasteiger partial charge in [-0.05, 0) is 24.9 Å². The molecular formula is C10H12ClN5O3. The molecule has 102 valence electrons. The molecule has 2 heterocycles. The predicted octanol–water partition coefficient (Wildman–Crippen LogP) is 0.989. The molecule has 0 aromatic carbocycles. The lowest BCUT2D eigenvalue weighted by Gasteiger charge is -2.13. The molecule has 0 bridgehead atoms. The number of hydrogen-bond acceptors (Lipinski definition) is 6. The van der Waals surface area contributed by atoms with Crippen molar-refractivity contribution in [2.45, 2.75) is 19.4 Å². The summed E-state index contributed by atoms with van der Waals surface area (Å²) in [6.07, 6.45) is 0.563. The van der Waals surface area contributed by atoms with Gasteiger partial charge in [-0.1, -0.05) is 0 Å². The fourth-order valence-corrected chi connectivity index (χ4v) is 2.18. The van der Waals surface area contributed by atoms with Gasteiger partial charge in [-0.25, -0.2) is 4.98 Å². The van der Waals surface area contributed by atoms with E-state index >= 15 is 0 Å². The number of carbonyl (C=O) groups excluding carboxylic acids is 1. The Morgan fingerprint density at radius 2 is 2.21 bits per heavy atom. The number of aromatic nitrogens is 2. The molecule has 1 aliphatic heterocycles. The molecule has 1 aromatic heterocycles. The number of anilines is 1. The van der Waals surface area contributed by atoms with Gasteiger partial charge in [0.1, 0.15) is 11.7 Å². The number of aryl methyl sites for hydroxylation is 1. The molecule has 1 aliphatic rings. The van der Waals surface area contributed by atoms with Crippen molar-refractivity contribution in [1.29, 1.82) is 0 Å². The van der Waals surface area contributed by atoms with Crippen molar-refractivity contribution >= 4 is 29.0 Å². The molecule has 1 saturated heterocycles. The molecule has 0 radical (unpaired) electrons. The Kier molecular flexibility index (Phi) is 3.52. The zero-order chi connectivity index (χ0) is 14.2. The number of nitrogens with one attached hydrogen (secondary N) is 1. The van der Waals surface area contributed by atoms with Crippen LogP contribution in [0.3, 0.4) is 0 Å². The summed E-state index contributed by atoms with van der Waals surface area (Å²) in [4.78, 5) is 31.3. The van der Waals surface area contributed by atoms with E-state index < -0.39 is 11.0 Å². The van der Waals surface area contributed by atoms with Gasteiger partial charge in [-0.15, -0.1) is 0 Å². The topological polar surface area (TPSA) is 101 Å². The molecule has 2 rings (SSSR count). The molecule has 9 heteroatoms. The maximum absolute atomic E-state index is 11.8. The molecular weight excluding hydrogens is 274 g/mol. The number of nitro groups is 1. The van der Waals surface area contributed by atoms with E-state index in [-0.39, 0.29) is 28.4 Å². The van der Waals surface area contributed by atoms with E-state index in [1.807, 2.05) is 0 Å². The third-order valence-corrected chi connectivity index (χ3v) is 3.12. The number of carbonyl (C=O) groups is 1. The second-order valence-corrected chi connectivity index (χ2v) is 4.62. The van der Waals surface area contributed by atoms with Crippen molar-refractivity contribution in [2.75, 3.05) is 18.9 Å². The molecule has 1 amide bonds. The molecule has 0 spiro atoms. The first-order valence-electron chi connectivity index (χ1n) is 5.60. The Hall–Kier alpha value is -1.96. The van der Waals surface area contributed by atoms with Gasteiger partial charge >= 0.3 is 5.69 Å². The van der Waals surface area contributed by atoms with Crippen LogP contribution >= 0.6 is 11.6 Å². The normalized spacial score (nSPS) is 18.8. The summed E-state index contributed by atoms with van der Waals surface area (Å²) in [6, 6.07) is -0.519. The monoisotopic (exact) mass is 285 g/mol. The first-order valence-corrected chi connectivity index (χ1v) is 5.98. The van der Waals surface area contributed by atoms with Crippen molar-refractivity contribution in [1.82, 2.24) is 14.9 Å². The van der Waals surface area contributed by atoms with Crippen molar-refractivity contribution < 1.29 is 9.72 Å². The zero-order valence-corrected chi connectivity index (χ0v) is 11.1. The summed E-state index contributed by atoms with van der Waals surface area (Å²) in [5.41, 5.74) is -0.0990. The standard InChI is InChI=1S/C10H12ClN5O3/c1-5-7(16(18)19)8(14-10(11)12-5)13-6-3-4-15(2)9(6)17/h6H,3-4H2,1-2H3,(H,12,13,14). The van der Waals surface area contributed by atoms with Crippen molar-refractivity contribution in [3.05, 3.63) is 21.1 Å².